The summed E-state index contributed by atoms with van der Waals surface area (Å²) in [7, 11) is 0. The quantitative estimate of drug-likeness (QED) is 0.261. The van der Waals surface area contributed by atoms with E-state index in [1.54, 1.807) is 12.2 Å². The van der Waals surface area contributed by atoms with Gasteiger partial charge in [-0.05, 0) is 13.0 Å². The predicted octanol–water partition coefficient (Wildman–Crippen LogP) is 1.89. The van der Waals surface area contributed by atoms with Gasteiger partial charge in [-0.15, -0.1) is 0 Å². The molecule has 66 valence electrons. The maximum absolute atomic E-state index is 9.82. The van der Waals surface area contributed by atoms with Crippen molar-refractivity contribution in [2.24, 2.45) is 0 Å². The fourth-order valence-electron chi connectivity index (χ4n) is 0.521. The van der Waals surface area contributed by atoms with Gasteiger partial charge in [0.2, 0.25) is 0 Å². The highest BCUT2D eigenvalue weighted by Gasteiger charge is 1.80. The molecular formula is C10H14O2. The zero-order chi connectivity index (χ0) is 9.23. The van der Waals surface area contributed by atoms with Crippen molar-refractivity contribution in [2.45, 2.75) is 6.92 Å². The third kappa shape index (κ3) is 6.96. The monoisotopic (exact) mass is 166 g/mol. The van der Waals surface area contributed by atoms with Crippen molar-refractivity contribution >= 4 is 6.29 Å². The molecule has 0 aliphatic rings. The molecule has 0 saturated heterocycles. The fourth-order valence-corrected chi connectivity index (χ4v) is 0.521. The van der Waals surface area contributed by atoms with Gasteiger partial charge >= 0.3 is 0 Å². The van der Waals surface area contributed by atoms with Gasteiger partial charge in [-0.3, -0.25) is 4.79 Å². The Morgan fingerprint density at radius 2 is 2.25 bits per heavy atom. The SMILES string of the molecule is C=C/C(C)=C/COC/C=C/C=O. The summed E-state index contributed by atoms with van der Waals surface area (Å²) in [5.74, 6) is 0. The van der Waals surface area contributed by atoms with E-state index >= 15 is 0 Å². The van der Waals surface area contributed by atoms with Crippen molar-refractivity contribution in [3.05, 3.63) is 36.5 Å². The molecule has 0 rings (SSSR count). The van der Waals surface area contributed by atoms with Crippen LogP contribution in [0.5, 0.6) is 0 Å². The Morgan fingerprint density at radius 1 is 1.50 bits per heavy atom. The van der Waals surface area contributed by atoms with Gasteiger partial charge in [-0.25, -0.2) is 0 Å². The molecule has 0 N–H and O–H groups in total. The third-order valence-electron chi connectivity index (χ3n) is 1.27. The second-order valence-corrected chi connectivity index (χ2v) is 2.25. The van der Waals surface area contributed by atoms with E-state index in [0.717, 1.165) is 11.9 Å². The number of carbonyl (C=O) groups is 1. The minimum Gasteiger partial charge on any atom is -0.373 e. The summed E-state index contributed by atoms with van der Waals surface area (Å²) in [5.41, 5.74) is 1.09. The van der Waals surface area contributed by atoms with Crippen LogP contribution in [-0.4, -0.2) is 19.5 Å². The van der Waals surface area contributed by atoms with Crippen molar-refractivity contribution in [3.8, 4) is 0 Å². The third-order valence-corrected chi connectivity index (χ3v) is 1.27. The highest BCUT2D eigenvalue weighted by atomic mass is 16.5. The maximum atomic E-state index is 9.82. The lowest BCUT2D eigenvalue weighted by atomic mass is 10.3. The van der Waals surface area contributed by atoms with Crippen LogP contribution in [0.1, 0.15) is 6.92 Å². The molecule has 0 atom stereocenters. The predicted molar refractivity (Wildman–Crippen MR) is 50.0 cm³/mol. The molecular weight excluding hydrogens is 152 g/mol. The van der Waals surface area contributed by atoms with E-state index in [9.17, 15) is 4.79 Å². The van der Waals surface area contributed by atoms with Gasteiger partial charge in [0.05, 0.1) is 13.2 Å². The molecule has 0 saturated carbocycles. The molecule has 0 aliphatic carbocycles. The average Bonchev–Trinajstić information content (AvgIpc) is 2.10. The zero-order valence-corrected chi connectivity index (χ0v) is 7.32. The van der Waals surface area contributed by atoms with Gasteiger partial charge in [0, 0.05) is 0 Å². The van der Waals surface area contributed by atoms with Crippen molar-refractivity contribution < 1.29 is 9.53 Å². The normalized spacial score (nSPS) is 11.9. The molecule has 0 spiro atoms. The highest BCUT2D eigenvalue weighted by molar-refractivity contribution is 5.64. The standard InChI is InChI=1S/C10H14O2/c1-3-10(2)6-9-12-8-5-4-7-11/h3-7H,1,8-9H2,2H3/b5-4+,10-6+. The van der Waals surface area contributed by atoms with Crippen molar-refractivity contribution in [2.75, 3.05) is 13.2 Å². The molecule has 0 aromatic heterocycles. The smallest absolute Gasteiger partial charge is 0.142 e. The van der Waals surface area contributed by atoms with Crippen LogP contribution in [0.25, 0.3) is 0 Å². The second kappa shape index (κ2) is 7.95. The highest BCUT2D eigenvalue weighted by Crippen LogP contribution is 1.91. The van der Waals surface area contributed by atoms with Crippen LogP contribution in [0.2, 0.25) is 0 Å². The molecule has 0 aromatic carbocycles. The molecule has 2 heteroatoms. The number of carbonyl (C=O) groups excluding carboxylic acids is 1. The average molecular weight is 166 g/mol. The topological polar surface area (TPSA) is 26.3 Å². The Labute approximate surface area is 73.2 Å². The molecule has 0 aliphatic heterocycles. The molecule has 0 unspecified atom stereocenters. The van der Waals surface area contributed by atoms with Gasteiger partial charge < -0.3 is 4.74 Å². The number of ether oxygens (including phenoxy) is 1. The lowest BCUT2D eigenvalue weighted by Crippen LogP contribution is -1.91. The van der Waals surface area contributed by atoms with Gasteiger partial charge in [0.1, 0.15) is 6.29 Å². The van der Waals surface area contributed by atoms with Gasteiger partial charge in [0.15, 0.2) is 0 Å². The summed E-state index contributed by atoms with van der Waals surface area (Å²) in [5, 5.41) is 0. The van der Waals surface area contributed by atoms with Crippen molar-refractivity contribution in [3.63, 3.8) is 0 Å². The summed E-state index contributed by atoms with van der Waals surface area (Å²) in [6.45, 7) is 6.59. The summed E-state index contributed by atoms with van der Waals surface area (Å²) in [6.07, 6.45) is 7.52. The molecule has 0 aromatic rings. The summed E-state index contributed by atoms with van der Waals surface area (Å²) >= 11 is 0. The molecule has 0 radical (unpaired) electrons. The minimum absolute atomic E-state index is 0.472. The van der Waals surface area contributed by atoms with E-state index in [1.165, 1.54) is 6.08 Å². The van der Waals surface area contributed by atoms with Crippen LogP contribution >= 0.6 is 0 Å². The lowest BCUT2D eigenvalue weighted by Gasteiger charge is -1.95. The fraction of sp³-hybridized carbons (Fsp3) is 0.300. The number of rotatable bonds is 6. The number of hydrogen-bond donors (Lipinski definition) is 0. The first-order chi connectivity index (χ1) is 5.81. The van der Waals surface area contributed by atoms with Crippen molar-refractivity contribution in [1.82, 2.24) is 0 Å². The Hall–Kier alpha value is -1.15. The second-order valence-electron chi connectivity index (χ2n) is 2.25. The van der Waals surface area contributed by atoms with E-state index in [4.69, 9.17) is 4.74 Å². The molecule has 0 bridgehead atoms. The first-order valence-electron chi connectivity index (χ1n) is 3.78. The van der Waals surface area contributed by atoms with Gasteiger partial charge in [-0.1, -0.05) is 30.4 Å². The lowest BCUT2D eigenvalue weighted by molar-refractivity contribution is -0.104. The number of hydrogen-bond acceptors (Lipinski definition) is 2. The van der Waals surface area contributed by atoms with E-state index < -0.39 is 0 Å². The summed E-state index contributed by atoms with van der Waals surface area (Å²) in [6, 6.07) is 0. The summed E-state index contributed by atoms with van der Waals surface area (Å²) < 4.78 is 5.14. The Morgan fingerprint density at radius 3 is 2.83 bits per heavy atom. The molecule has 0 fully saturated rings. The minimum atomic E-state index is 0.472. The Kier molecular flexibility index (Phi) is 7.19. The van der Waals surface area contributed by atoms with E-state index in [2.05, 4.69) is 6.58 Å². The summed E-state index contributed by atoms with van der Waals surface area (Å²) in [4.78, 5) is 9.82. The van der Waals surface area contributed by atoms with Crippen molar-refractivity contribution in [1.29, 1.82) is 0 Å². The van der Waals surface area contributed by atoms with Crippen LogP contribution in [0.15, 0.2) is 36.5 Å². The van der Waals surface area contributed by atoms with Crippen LogP contribution in [0.4, 0.5) is 0 Å². The first kappa shape index (κ1) is 10.8. The Balaban J connectivity index is 3.38. The van der Waals surface area contributed by atoms with E-state index in [1.807, 2.05) is 13.0 Å². The first-order valence-corrected chi connectivity index (χ1v) is 3.78. The maximum Gasteiger partial charge on any atom is 0.142 e. The number of aldehydes is 1. The van der Waals surface area contributed by atoms with Crippen LogP contribution in [0, 0.1) is 0 Å². The van der Waals surface area contributed by atoms with Crippen LogP contribution in [0.3, 0.4) is 0 Å². The van der Waals surface area contributed by atoms with E-state index in [0.29, 0.717) is 13.2 Å². The largest absolute Gasteiger partial charge is 0.373 e. The van der Waals surface area contributed by atoms with Gasteiger partial charge in [-0.2, -0.15) is 0 Å². The Bertz CT molecular complexity index is 190. The van der Waals surface area contributed by atoms with Crippen LogP contribution < -0.4 is 0 Å². The number of allylic oxidation sites excluding steroid dienone is 3. The van der Waals surface area contributed by atoms with Crippen LogP contribution in [-0.2, 0) is 9.53 Å². The molecule has 0 amide bonds. The van der Waals surface area contributed by atoms with E-state index in [-0.39, 0.29) is 0 Å². The van der Waals surface area contributed by atoms with Gasteiger partial charge in [0.25, 0.3) is 0 Å². The molecule has 0 heterocycles. The zero-order valence-electron chi connectivity index (χ0n) is 7.32. The molecule has 2 nitrogen and oxygen atoms in total. The molecule has 12 heavy (non-hydrogen) atoms.